The smallest absolute Gasteiger partial charge is 0.213 e. The molecule has 1 heterocycles. The summed E-state index contributed by atoms with van der Waals surface area (Å²) in [6, 6.07) is 18.9. The summed E-state index contributed by atoms with van der Waals surface area (Å²) in [4.78, 5) is 2.10. The highest BCUT2D eigenvalue weighted by Crippen LogP contribution is 2.19. The van der Waals surface area contributed by atoms with Crippen molar-refractivity contribution in [1.29, 1.82) is 0 Å². The quantitative estimate of drug-likeness (QED) is 0.730. The fourth-order valence-electron chi connectivity index (χ4n) is 2.83. The predicted molar refractivity (Wildman–Crippen MR) is 101 cm³/mol. The minimum atomic E-state index is 0.141. The van der Waals surface area contributed by atoms with Crippen molar-refractivity contribution in [1.82, 2.24) is 0 Å². The third kappa shape index (κ3) is 3.47. The van der Waals surface area contributed by atoms with Crippen LogP contribution >= 0.6 is 0 Å². The van der Waals surface area contributed by atoms with E-state index in [0.29, 0.717) is 6.54 Å². The predicted octanol–water partition coefficient (Wildman–Crippen LogP) is 3.36. The highest BCUT2D eigenvalue weighted by atomic mass is 16.3. The van der Waals surface area contributed by atoms with E-state index in [-0.39, 0.29) is 6.61 Å². The van der Waals surface area contributed by atoms with Gasteiger partial charge >= 0.3 is 0 Å². The molecule has 0 bridgehead atoms. The molecule has 1 N–H and O–H groups in total. The molecule has 0 radical (unpaired) electrons. The van der Waals surface area contributed by atoms with Gasteiger partial charge in [0.25, 0.3) is 0 Å². The Morgan fingerprint density at radius 2 is 1.71 bits per heavy atom. The summed E-state index contributed by atoms with van der Waals surface area (Å²) in [6.07, 6.45) is 6.32. The molecule has 3 heteroatoms. The van der Waals surface area contributed by atoms with Gasteiger partial charge in [-0.2, -0.15) is 4.57 Å². The normalized spacial score (nSPS) is 11.3. The number of aliphatic hydroxyl groups excluding tert-OH is 1. The zero-order chi connectivity index (χ0) is 16.9. The number of aromatic nitrogens is 1. The summed E-state index contributed by atoms with van der Waals surface area (Å²) in [7, 11) is 4.09. The number of aliphatic hydroxyl groups is 1. The lowest BCUT2D eigenvalue weighted by atomic mass is 10.1. The second kappa shape index (κ2) is 7.28. The van der Waals surface area contributed by atoms with Crippen molar-refractivity contribution in [3.8, 4) is 0 Å². The average molecular weight is 319 g/mol. The number of fused-ring (bicyclic) bond motifs is 1. The van der Waals surface area contributed by atoms with Crippen molar-refractivity contribution in [2.24, 2.45) is 0 Å². The molecule has 0 aliphatic rings. The van der Waals surface area contributed by atoms with E-state index in [0.717, 1.165) is 5.52 Å². The Labute approximate surface area is 143 Å². The third-order valence-electron chi connectivity index (χ3n) is 4.16. The van der Waals surface area contributed by atoms with Crippen LogP contribution in [-0.2, 0) is 6.54 Å². The Hall–Kier alpha value is -2.65. The van der Waals surface area contributed by atoms with E-state index in [1.54, 1.807) is 0 Å². The molecule has 2 aromatic carbocycles. The Balaban J connectivity index is 1.93. The van der Waals surface area contributed by atoms with Crippen molar-refractivity contribution in [2.75, 3.05) is 25.6 Å². The molecule has 3 aromatic rings. The van der Waals surface area contributed by atoms with E-state index < -0.39 is 0 Å². The van der Waals surface area contributed by atoms with Crippen molar-refractivity contribution in [3.63, 3.8) is 0 Å². The first-order chi connectivity index (χ1) is 11.7. The highest BCUT2D eigenvalue weighted by Gasteiger charge is 2.09. The van der Waals surface area contributed by atoms with E-state index in [1.165, 1.54) is 22.2 Å². The van der Waals surface area contributed by atoms with Crippen LogP contribution in [0.4, 0.5) is 5.69 Å². The number of para-hydroxylation sites is 1. The minimum Gasteiger partial charge on any atom is -0.390 e. The van der Waals surface area contributed by atoms with Gasteiger partial charge in [0.1, 0.15) is 6.61 Å². The standard InChI is InChI=1S/C21H23N2O/c1-22(2)19-11-8-17(9-12-19)7-10-18-13-14-23(15-16-24)21-6-4-3-5-20(18)21/h3-14,24H,15-16H2,1-2H3/q+1. The van der Waals surface area contributed by atoms with Gasteiger partial charge in [-0.05, 0) is 29.3 Å². The van der Waals surface area contributed by atoms with Crippen LogP contribution in [0, 0.1) is 0 Å². The van der Waals surface area contributed by atoms with Crippen LogP contribution in [0.5, 0.6) is 0 Å². The lowest BCUT2D eigenvalue weighted by Crippen LogP contribution is -2.36. The van der Waals surface area contributed by atoms with Crippen LogP contribution in [0.2, 0.25) is 0 Å². The first-order valence-electron chi connectivity index (χ1n) is 8.16. The molecule has 0 unspecified atom stereocenters. The monoisotopic (exact) mass is 319 g/mol. The number of rotatable bonds is 5. The molecule has 0 spiro atoms. The van der Waals surface area contributed by atoms with Crippen LogP contribution in [0.25, 0.3) is 23.1 Å². The molecular weight excluding hydrogens is 296 g/mol. The number of pyridine rings is 1. The summed E-state index contributed by atoms with van der Waals surface area (Å²) in [5.74, 6) is 0. The molecule has 0 saturated carbocycles. The van der Waals surface area contributed by atoms with Gasteiger partial charge in [-0.1, -0.05) is 36.4 Å². The van der Waals surface area contributed by atoms with E-state index in [1.807, 2.05) is 26.4 Å². The number of anilines is 1. The molecule has 0 saturated heterocycles. The van der Waals surface area contributed by atoms with Gasteiger partial charge in [0.2, 0.25) is 5.52 Å². The van der Waals surface area contributed by atoms with Gasteiger partial charge in [-0.25, -0.2) is 0 Å². The summed E-state index contributed by atoms with van der Waals surface area (Å²) in [5, 5.41) is 10.4. The summed E-state index contributed by atoms with van der Waals surface area (Å²) < 4.78 is 2.08. The maximum absolute atomic E-state index is 9.22. The van der Waals surface area contributed by atoms with Crippen LogP contribution < -0.4 is 9.47 Å². The zero-order valence-electron chi connectivity index (χ0n) is 14.2. The topological polar surface area (TPSA) is 27.4 Å². The van der Waals surface area contributed by atoms with E-state index >= 15 is 0 Å². The molecule has 3 nitrogen and oxygen atoms in total. The van der Waals surface area contributed by atoms with Gasteiger partial charge in [-0.15, -0.1) is 0 Å². The zero-order valence-corrected chi connectivity index (χ0v) is 14.2. The molecule has 0 atom stereocenters. The van der Waals surface area contributed by atoms with Crippen molar-refractivity contribution >= 4 is 28.7 Å². The fourth-order valence-corrected chi connectivity index (χ4v) is 2.83. The molecule has 3 rings (SSSR count). The minimum absolute atomic E-state index is 0.141. The molecule has 24 heavy (non-hydrogen) atoms. The Kier molecular flexibility index (Phi) is 4.92. The molecule has 0 amide bonds. The van der Waals surface area contributed by atoms with Gasteiger partial charge in [0.05, 0.1) is 5.39 Å². The largest absolute Gasteiger partial charge is 0.390 e. The van der Waals surface area contributed by atoms with E-state index in [4.69, 9.17) is 0 Å². The fraction of sp³-hybridized carbons (Fsp3) is 0.190. The number of hydrogen-bond donors (Lipinski definition) is 1. The van der Waals surface area contributed by atoms with Crippen molar-refractivity contribution in [2.45, 2.75) is 6.54 Å². The Morgan fingerprint density at radius 1 is 0.958 bits per heavy atom. The van der Waals surface area contributed by atoms with Crippen molar-refractivity contribution < 1.29 is 9.67 Å². The van der Waals surface area contributed by atoms with Crippen LogP contribution in [0.15, 0.2) is 60.8 Å². The summed E-state index contributed by atoms with van der Waals surface area (Å²) in [5.41, 5.74) is 4.69. The third-order valence-corrected chi connectivity index (χ3v) is 4.16. The lowest BCUT2D eigenvalue weighted by Gasteiger charge is -2.11. The van der Waals surface area contributed by atoms with Gasteiger partial charge in [0, 0.05) is 31.9 Å². The van der Waals surface area contributed by atoms with E-state index in [9.17, 15) is 5.11 Å². The number of hydrogen-bond acceptors (Lipinski definition) is 2. The maximum Gasteiger partial charge on any atom is 0.213 e. The summed E-state index contributed by atoms with van der Waals surface area (Å²) >= 11 is 0. The van der Waals surface area contributed by atoms with Gasteiger partial charge in [-0.3, -0.25) is 0 Å². The SMILES string of the molecule is CN(C)c1ccc(/C=C/c2cc[n+](CCO)c3ccccc23)cc1. The van der Waals surface area contributed by atoms with Crippen molar-refractivity contribution in [3.05, 3.63) is 71.9 Å². The molecule has 0 aliphatic heterocycles. The lowest BCUT2D eigenvalue weighted by molar-refractivity contribution is -0.672. The molecule has 0 aliphatic carbocycles. The van der Waals surface area contributed by atoms with Crippen LogP contribution in [0.1, 0.15) is 11.1 Å². The first-order valence-corrected chi connectivity index (χ1v) is 8.16. The maximum atomic E-state index is 9.22. The molecule has 122 valence electrons. The average Bonchev–Trinajstić information content (AvgIpc) is 2.61. The Bertz CT molecular complexity index is 851. The van der Waals surface area contributed by atoms with E-state index in [2.05, 4.69) is 70.1 Å². The highest BCUT2D eigenvalue weighted by molar-refractivity contribution is 5.88. The summed E-state index contributed by atoms with van der Waals surface area (Å²) in [6.45, 7) is 0.749. The van der Waals surface area contributed by atoms with Crippen LogP contribution in [-0.4, -0.2) is 25.8 Å². The molecular formula is C21H23N2O+. The second-order valence-electron chi connectivity index (χ2n) is 6.02. The number of benzene rings is 2. The van der Waals surface area contributed by atoms with Gasteiger partial charge < -0.3 is 10.0 Å². The molecule has 0 fully saturated rings. The molecule has 1 aromatic heterocycles. The van der Waals surface area contributed by atoms with Crippen LogP contribution in [0.3, 0.4) is 0 Å². The number of nitrogens with zero attached hydrogens (tertiary/aromatic N) is 2. The Morgan fingerprint density at radius 3 is 2.42 bits per heavy atom. The first kappa shape index (κ1) is 16.2. The van der Waals surface area contributed by atoms with Gasteiger partial charge in [0.15, 0.2) is 12.7 Å². The second-order valence-corrected chi connectivity index (χ2v) is 6.02.